The largest absolute Gasteiger partial charge is 0.480 e. The molecule has 98 valence electrons. The molecule has 3 N–H and O–H groups in total. The van der Waals surface area contributed by atoms with E-state index in [1.54, 1.807) is 0 Å². The van der Waals surface area contributed by atoms with Crippen LogP contribution in [0.3, 0.4) is 0 Å². The van der Waals surface area contributed by atoms with Gasteiger partial charge in [-0.05, 0) is 20.3 Å². The van der Waals surface area contributed by atoms with Crippen molar-refractivity contribution in [1.29, 1.82) is 0 Å². The van der Waals surface area contributed by atoms with Crippen LogP contribution in [0.5, 0.6) is 0 Å². The fraction of sp³-hybridized carbons (Fsp3) is 0.636. The van der Waals surface area contributed by atoms with Crippen molar-refractivity contribution in [2.75, 3.05) is 19.7 Å². The molecule has 0 saturated carbocycles. The minimum atomic E-state index is -1.10. The molecule has 0 rings (SSSR count). The second-order valence-electron chi connectivity index (χ2n) is 3.93. The normalized spacial score (nSPS) is 11.7. The molecule has 0 heterocycles. The summed E-state index contributed by atoms with van der Waals surface area (Å²) in [6.45, 7) is 7.37. The number of aliphatic hydroxyl groups excluding tert-OH is 1. The number of hydrogen-bond donors (Lipinski definition) is 3. The van der Waals surface area contributed by atoms with E-state index < -0.39 is 18.0 Å². The van der Waals surface area contributed by atoms with E-state index in [1.807, 2.05) is 6.92 Å². The Labute approximate surface area is 101 Å². The number of aliphatic carboxylic acids is 1. The van der Waals surface area contributed by atoms with E-state index in [2.05, 4.69) is 11.9 Å². The highest BCUT2D eigenvalue weighted by atomic mass is 16.4. The van der Waals surface area contributed by atoms with E-state index in [-0.39, 0.29) is 13.2 Å². The highest BCUT2D eigenvalue weighted by Gasteiger charge is 2.18. The molecule has 6 heteroatoms. The Morgan fingerprint density at radius 2 is 2.00 bits per heavy atom. The number of carboxylic acid groups (broad SMARTS) is 1. The number of nitrogens with one attached hydrogen (secondary N) is 1. The summed E-state index contributed by atoms with van der Waals surface area (Å²) in [5.74, 6) is -1.10. The molecule has 6 nitrogen and oxygen atoms in total. The van der Waals surface area contributed by atoms with Gasteiger partial charge in [-0.25, -0.2) is 4.79 Å². The van der Waals surface area contributed by atoms with Crippen LogP contribution in [0, 0.1) is 0 Å². The van der Waals surface area contributed by atoms with Crippen molar-refractivity contribution in [2.45, 2.75) is 26.3 Å². The van der Waals surface area contributed by atoms with Gasteiger partial charge in [0, 0.05) is 13.1 Å². The first-order chi connectivity index (χ1) is 7.88. The van der Waals surface area contributed by atoms with E-state index >= 15 is 0 Å². The van der Waals surface area contributed by atoms with Crippen LogP contribution in [0.4, 0.5) is 4.79 Å². The van der Waals surface area contributed by atoms with Crippen LogP contribution >= 0.6 is 0 Å². The monoisotopic (exact) mass is 244 g/mol. The van der Waals surface area contributed by atoms with Gasteiger partial charge in [0.2, 0.25) is 0 Å². The summed E-state index contributed by atoms with van der Waals surface area (Å²) in [6, 6.07) is -1.44. The molecule has 17 heavy (non-hydrogen) atoms. The van der Waals surface area contributed by atoms with Gasteiger partial charge in [0.1, 0.15) is 6.04 Å². The predicted octanol–water partition coefficient (Wildman–Crippen LogP) is 0.430. The van der Waals surface area contributed by atoms with Gasteiger partial charge in [-0.15, -0.1) is 6.58 Å². The summed E-state index contributed by atoms with van der Waals surface area (Å²) in [5.41, 5.74) is 0.923. The number of carboxylic acids is 1. The molecule has 0 aliphatic carbocycles. The summed E-state index contributed by atoms with van der Waals surface area (Å²) < 4.78 is 0. The Hall–Kier alpha value is -1.56. The summed E-state index contributed by atoms with van der Waals surface area (Å²) in [5, 5.41) is 19.8. The third kappa shape index (κ3) is 6.57. The number of amides is 2. The minimum Gasteiger partial charge on any atom is -0.480 e. The summed E-state index contributed by atoms with van der Waals surface area (Å²) in [6.07, 6.45) is 0.620. The molecule has 0 saturated heterocycles. The fourth-order valence-corrected chi connectivity index (χ4v) is 1.10. The lowest BCUT2D eigenvalue weighted by Gasteiger charge is -2.23. The number of aliphatic hydroxyl groups is 1. The second kappa shape index (κ2) is 7.67. The third-order valence-corrected chi connectivity index (χ3v) is 2.18. The number of rotatable bonds is 7. The number of nitrogens with zero attached hydrogens (tertiary/aromatic N) is 1. The molecular formula is C11H20N2O4. The summed E-state index contributed by atoms with van der Waals surface area (Å²) >= 11 is 0. The maximum atomic E-state index is 11.7. The average molecular weight is 244 g/mol. The molecule has 0 aliphatic rings. The zero-order valence-electron chi connectivity index (χ0n) is 10.3. The molecule has 0 bridgehead atoms. The van der Waals surface area contributed by atoms with Crippen molar-refractivity contribution in [3.05, 3.63) is 12.2 Å². The van der Waals surface area contributed by atoms with Gasteiger partial charge >= 0.3 is 12.0 Å². The van der Waals surface area contributed by atoms with E-state index in [0.717, 1.165) is 5.57 Å². The second-order valence-corrected chi connectivity index (χ2v) is 3.93. The summed E-state index contributed by atoms with van der Waals surface area (Å²) in [7, 11) is 0. The summed E-state index contributed by atoms with van der Waals surface area (Å²) in [4.78, 5) is 23.6. The maximum absolute atomic E-state index is 11.7. The van der Waals surface area contributed by atoms with Crippen LogP contribution in [0.25, 0.3) is 0 Å². The van der Waals surface area contributed by atoms with E-state index in [0.29, 0.717) is 13.0 Å². The number of carbonyl (C=O) groups excluding carboxylic acids is 1. The lowest BCUT2D eigenvalue weighted by Crippen LogP contribution is -2.47. The molecular weight excluding hydrogens is 224 g/mol. The van der Waals surface area contributed by atoms with Gasteiger partial charge in [-0.2, -0.15) is 0 Å². The first-order valence-electron chi connectivity index (χ1n) is 5.42. The number of urea groups is 1. The standard InChI is InChI=1S/C11H20N2O4/c1-8(2)4-5-13(6-7-14)11(17)12-9(3)10(15)16/h9,14H,1,4-7H2,2-3H3,(H,12,17)(H,15,16)/t9-/m0/s1. The van der Waals surface area contributed by atoms with Crippen molar-refractivity contribution in [1.82, 2.24) is 10.2 Å². The number of hydrogen-bond acceptors (Lipinski definition) is 3. The molecule has 0 unspecified atom stereocenters. The van der Waals surface area contributed by atoms with E-state index in [4.69, 9.17) is 10.2 Å². The van der Waals surface area contributed by atoms with Crippen LogP contribution in [0.2, 0.25) is 0 Å². The van der Waals surface area contributed by atoms with Crippen LogP contribution in [0.1, 0.15) is 20.3 Å². The molecule has 0 fully saturated rings. The Morgan fingerprint density at radius 1 is 1.41 bits per heavy atom. The molecule has 0 aromatic carbocycles. The first kappa shape index (κ1) is 15.4. The van der Waals surface area contributed by atoms with E-state index in [9.17, 15) is 9.59 Å². The van der Waals surface area contributed by atoms with Crippen molar-refractivity contribution in [3.63, 3.8) is 0 Å². The van der Waals surface area contributed by atoms with Crippen LogP contribution in [-0.2, 0) is 4.79 Å². The lowest BCUT2D eigenvalue weighted by atomic mass is 10.2. The average Bonchev–Trinajstić information content (AvgIpc) is 2.23. The molecule has 0 aliphatic heterocycles. The van der Waals surface area contributed by atoms with Gasteiger partial charge in [-0.3, -0.25) is 4.79 Å². The molecule has 1 atom stereocenters. The molecule has 2 amide bonds. The quantitative estimate of drug-likeness (QED) is 0.566. The minimum absolute atomic E-state index is 0.162. The van der Waals surface area contributed by atoms with E-state index in [1.165, 1.54) is 11.8 Å². The van der Waals surface area contributed by atoms with Gasteiger partial charge < -0.3 is 20.4 Å². The van der Waals surface area contributed by atoms with Crippen LogP contribution < -0.4 is 5.32 Å². The molecule has 0 spiro atoms. The van der Waals surface area contributed by atoms with Gasteiger partial charge in [0.15, 0.2) is 0 Å². The Morgan fingerprint density at radius 3 is 2.41 bits per heavy atom. The molecule has 0 aromatic rings. The maximum Gasteiger partial charge on any atom is 0.325 e. The lowest BCUT2D eigenvalue weighted by molar-refractivity contribution is -0.138. The third-order valence-electron chi connectivity index (χ3n) is 2.18. The van der Waals surface area contributed by atoms with Crippen molar-refractivity contribution >= 4 is 12.0 Å². The van der Waals surface area contributed by atoms with Gasteiger partial charge in [-0.1, -0.05) is 5.57 Å². The van der Waals surface area contributed by atoms with Crippen LogP contribution in [-0.4, -0.2) is 52.9 Å². The van der Waals surface area contributed by atoms with Gasteiger partial charge in [0.25, 0.3) is 0 Å². The zero-order valence-corrected chi connectivity index (χ0v) is 10.3. The van der Waals surface area contributed by atoms with Crippen molar-refractivity contribution < 1.29 is 19.8 Å². The highest BCUT2D eigenvalue weighted by molar-refractivity contribution is 5.82. The zero-order chi connectivity index (χ0) is 13.4. The van der Waals surface area contributed by atoms with Crippen molar-refractivity contribution in [2.24, 2.45) is 0 Å². The number of carbonyl (C=O) groups is 2. The topological polar surface area (TPSA) is 89.9 Å². The van der Waals surface area contributed by atoms with Gasteiger partial charge in [0.05, 0.1) is 6.61 Å². The molecule has 0 radical (unpaired) electrons. The van der Waals surface area contributed by atoms with Crippen LogP contribution in [0.15, 0.2) is 12.2 Å². The Balaban J connectivity index is 4.32. The fourth-order valence-electron chi connectivity index (χ4n) is 1.10. The highest BCUT2D eigenvalue weighted by Crippen LogP contribution is 2.00. The smallest absolute Gasteiger partial charge is 0.325 e. The molecule has 0 aromatic heterocycles. The Kier molecular flexibility index (Phi) is 6.97. The SMILES string of the molecule is C=C(C)CCN(CCO)C(=O)N[C@@H](C)C(=O)O. The Bertz CT molecular complexity index is 291. The first-order valence-corrected chi connectivity index (χ1v) is 5.42. The van der Waals surface area contributed by atoms with Crippen molar-refractivity contribution in [3.8, 4) is 0 Å². The predicted molar refractivity (Wildman–Crippen MR) is 63.7 cm³/mol.